The number of carbonyl (C=O) groups is 2. The third-order valence-electron chi connectivity index (χ3n) is 4.30. The van der Waals surface area contributed by atoms with Gasteiger partial charge in [0.05, 0.1) is 12.0 Å². The van der Waals surface area contributed by atoms with Gasteiger partial charge in [0.15, 0.2) is 5.76 Å². The summed E-state index contributed by atoms with van der Waals surface area (Å²) in [4.78, 5) is 24.7. The van der Waals surface area contributed by atoms with Crippen LogP contribution in [0.25, 0.3) is 6.08 Å². The SMILES string of the molecule is O=C(Cc1ccc(Cl)cc1)Oc1ccc2c(c1)O/C(=C\c1ccc(Cl)cc1)C2=O. The Bertz CT molecular complexity index is 1120. The van der Waals surface area contributed by atoms with Crippen molar-refractivity contribution in [2.24, 2.45) is 0 Å². The molecule has 0 bridgehead atoms. The number of benzene rings is 3. The third kappa shape index (κ3) is 4.50. The first-order valence-corrected chi connectivity index (χ1v) is 9.52. The van der Waals surface area contributed by atoms with Gasteiger partial charge in [-0.2, -0.15) is 0 Å². The standard InChI is InChI=1S/C23H14Cl2O4/c24-16-5-1-14(2-6-16)11-21-23(27)19-10-9-18(13-20(19)29-21)28-22(26)12-15-3-7-17(25)8-4-15/h1-11,13H,12H2/b21-11-. The van der Waals surface area contributed by atoms with Gasteiger partial charge in [0.1, 0.15) is 11.5 Å². The lowest BCUT2D eigenvalue weighted by Crippen LogP contribution is -2.11. The number of ether oxygens (including phenoxy) is 2. The lowest BCUT2D eigenvalue weighted by Gasteiger charge is -2.06. The number of halogens is 2. The Kier molecular flexibility index (Phi) is 5.38. The number of Topliss-reactive ketones (excluding diaryl/α,β-unsaturated/α-hetero) is 1. The number of fused-ring (bicyclic) bond motifs is 1. The smallest absolute Gasteiger partial charge is 0.315 e. The van der Waals surface area contributed by atoms with Gasteiger partial charge in [0.2, 0.25) is 5.78 Å². The molecule has 0 amide bonds. The first-order chi connectivity index (χ1) is 14.0. The molecule has 0 saturated carbocycles. The molecule has 144 valence electrons. The van der Waals surface area contributed by atoms with E-state index in [9.17, 15) is 9.59 Å². The van der Waals surface area contributed by atoms with Crippen molar-refractivity contribution < 1.29 is 19.1 Å². The zero-order valence-corrected chi connectivity index (χ0v) is 16.5. The van der Waals surface area contributed by atoms with Crippen molar-refractivity contribution in [3.63, 3.8) is 0 Å². The normalized spacial score (nSPS) is 13.9. The number of rotatable bonds is 4. The van der Waals surface area contributed by atoms with Gasteiger partial charge in [0, 0.05) is 16.1 Å². The Hall–Kier alpha value is -3.08. The Morgan fingerprint density at radius 3 is 2.28 bits per heavy atom. The van der Waals surface area contributed by atoms with Gasteiger partial charge in [-0.15, -0.1) is 0 Å². The van der Waals surface area contributed by atoms with Crippen LogP contribution in [0.4, 0.5) is 0 Å². The summed E-state index contributed by atoms with van der Waals surface area (Å²) in [6.07, 6.45) is 1.75. The summed E-state index contributed by atoms with van der Waals surface area (Å²) in [5.41, 5.74) is 2.00. The molecular formula is C23H14Cl2O4. The molecule has 4 rings (SSSR count). The van der Waals surface area contributed by atoms with E-state index < -0.39 is 5.97 Å². The fourth-order valence-electron chi connectivity index (χ4n) is 2.88. The van der Waals surface area contributed by atoms with E-state index in [0.717, 1.165) is 11.1 Å². The summed E-state index contributed by atoms with van der Waals surface area (Å²) in [5, 5.41) is 1.21. The Labute approximate surface area is 177 Å². The van der Waals surface area contributed by atoms with Crippen molar-refractivity contribution in [2.45, 2.75) is 6.42 Å². The van der Waals surface area contributed by atoms with Crippen LogP contribution in [-0.2, 0) is 11.2 Å². The second-order valence-electron chi connectivity index (χ2n) is 6.43. The molecule has 0 fully saturated rings. The second-order valence-corrected chi connectivity index (χ2v) is 7.30. The molecule has 0 spiro atoms. The van der Waals surface area contributed by atoms with E-state index in [0.29, 0.717) is 27.1 Å². The predicted octanol–water partition coefficient (Wildman–Crippen LogP) is 5.76. The van der Waals surface area contributed by atoms with Gasteiger partial charge in [-0.1, -0.05) is 47.5 Å². The minimum Gasteiger partial charge on any atom is -0.452 e. The zero-order chi connectivity index (χ0) is 20.4. The van der Waals surface area contributed by atoms with Crippen LogP contribution < -0.4 is 9.47 Å². The molecular weight excluding hydrogens is 411 g/mol. The highest BCUT2D eigenvalue weighted by molar-refractivity contribution is 6.30. The molecule has 0 N–H and O–H groups in total. The van der Waals surface area contributed by atoms with Crippen molar-refractivity contribution in [1.29, 1.82) is 0 Å². The lowest BCUT2D eigenvalue weighted by molar-refractivity contribution is -0.133. The molecule has 0 aromatic heterocycles. The predicted molar refractivity (Wildman–Crippen MR) is 112 cm³/mol. The molecule has 1 aliphatic rings. The maximum atomic E-state index is 12.5. The van der Waals surface area contributed by atoms with Gasteiger partial charge in [-0.3, -0.25) is 9.59 Å². The zero-order valence-electron chi connectivity index (χ0n) is 15.0. The quantitative estimate of drug-likeness (QED) is 0.303. The maximum absolute atomic E-state index is 12.5. The van der Waals surface area contributed by atoms with E-state index >= 15 is 0 Å². The highest BCUT2D eigenvalue weighted by atomic mass is 35.5. The fraction of sp³-hybridized carbons (Fsp3) is 0.0435. The maximum Gasteiger partial charge on any atom is 0.315 e. The number of ketones is 1. The molecule has 0 saturated heterocycles. The van der Waals surface area contributed by atoms with E-state index in [2.05, 4.69) is 0 Å². The lowest BCUT2D eigenvalue weighted by atomic mass is 10.1. The third-order valence-corrected chi connectivity index (χ3v) is 4.81. The van der Waals surface area contributed by atoms with Crippen molar-refractivity contribution in [1.82, 2.24) is 0 Å². The van der Waals surface area contributed by atoms with E-state index in [-0.39, 0.29) is 18.0 Å². The minimum atomic E-state index is -0.423. The average Bonchev–Trinajstić information content (AvgIpc) is 3.00. The molecule has 0 aliphatic carbocycles. The number of hydrogen-bond acceptors (Lipinski definition) is 4. The fourth-order valence-corrected chi connectivity index (χ4v) is 3.13. The van der Waals surface area contributed by atoms with E-state index in [1.165, 1.54) is 6.07 Å². The van der Waals surface area contributed by atoms with Crippen LogP contribution in [-0.4, -0.2) is 11.8 Å². The van der Waals surface area contributed by atoms with Gasteiger partial charge >= 0.3 is 5.97 Å². The highest BCUT2D eigenvalue weighted by Gasteiger charge is 2.28. The molecule has 1 aliphatic heterocycles. The van der Waals surface area contributed by atoms with Gasteiger partial charge < -0.3 is 9.47 Å². The molecule has 0 atom stereocenters. The molecule has 3 aromatic carbocycles. The van der Waals surface area contributed by atoms with Crippen molar-refractivity contribution in [3.8, 4) is 11.5 Å². The summed E-state index contributed by atoms with van der Waals surface area (Å²) >= 11 is 11.7. The van der Waals surface area contributed by atoms with Crippen LogP contribution in [0.5, 0.6) is 11.5 Å². The Balaban J connectivity index is 1.47. The highest BCUT2D eigenvalue weighted by Crippen LogP contribution is 2.35. The van der Waals surface area contributed by atoms with E-state index in [1.807, 2.05) is 0 Å². The van der Waals surface area contributed by atoms with Crippen LogP contribution in [0.3, 0.4) is 0 Å². The summed E-state index contributed by atoms with van der Waals surface area (Å²) < 4.78 is 11.1. The molecule has 3 aromatic rings. The van der Waals surface area contributed by atoms with Gasteiger partial charge in [-0.05, 0) is 53.6 Å². The number of esters is 1. The monoisotopic (exact) mass is 424 g/mol. The average molecular weight is 425 g/mol. The van der Waals surface area contributed by atoms with Crippen molar-refractivity contribution in [3.05, 3.63) is 99.2 Å². The number of hydrogen-bond donors (Lipinski definition) is 0. The molecule has 0 radical (unpaired) electrons. The summed E-state index contributed by atoms with van der Waals surface area (Å²) in [6, 6.07) is 18.7. The second kappa shape index (κ2) is 8.11. The largest absolute Gasteiger partial charge is 0.452 e. The summed E-state index contributed by atoms with van der Waals surface area (Å²) in [5.74, 6) is 0.213. The number of allylic oxidation sites excluding steroid dienone is 1. The van der Waals surface area contributed by atoms with Crippen LogP contribution in [0.15, 0.2) is 72.5 Å². The van der Waals surface area contributed by atoms with E-state index in [1.54, 1.807) is 66.7 Å². The molecule has 1 heterocycles. The molecule has 6 heteroatoms. The Morgan fingerprint density at radius 1 is 0.931 bits per heavy atom. The van der Waals surface area contributed by atoms with Crippen LogP contribution in [0.1, 0.15) is 21.5 Å². The van der Waals surface area contributed by atoms with Crippen molar-refractivity contribution >= 4 is 41.0 Å². The molecule has 0 unspecified atom stereocenters. The topological polar surface area (TPSA) is 52.6 Å². The Morgan fingerprint density at radius 2 is 1.59 bits per heavy atom. The van der Waals surface area contributed by atoms with Gasteiger partial charge in [-0.25, -0.2) is 0 Å². The minimum absolute atomic E-state index is 0.107. The number of carbonyl (C=O) groups excluding carboxylic acids is 2. The molecule has 4 nitrogen and oxygen atoms in total. The summed E-state index contributed by atoms with van der Waals surface area (Å²) in [6.45, 7) is 0. The molecule has 29 heavy (non-hydrogen) atoms. The van der Waals surface area contributed by atoms with Crippen LogP contribution >= 0.6 is 23.2 Å². The van der Waals surface area contributed by atoms with Gasteiger partial charge in [0.25, 0.3) is 0 Å². The van der Waals surface area contributed by atoms with Crippen molar-refractivity contribution in [2.75, 3.05) is 0 Å². The summed E-state index contributed by atoms with van der Waals surface area (Å²) in [7, 11) is 0. The van der Waals surface area contributed by atoms with E-state index in [4.69, 9.17) is 32.7 Å². The van der Waals surface area contributed by atoms with Crippen LogP contribution in [0.2, 0.25) is 10.0 Å². The first kappa shape index (κ1) is 19.2. The first-order valence-electron chi connectivity index (χ1n) is 8.77. The van der Waals surface area contributed by atoms with Crippen LogP contribution in [0, 0.1) is 0 Å².